The number of rotatable bonds is 2. The normalized spacial score (nSPS) is 21.6. The number of halogens is 2. The Kier molecular flexibility index (Phi) is 3.67. The minimum atomic E-state index is -3.01. The van der Waals surface area contributed by atoms with Gasteiger partial charge >= 0.3 is 0 Å². The Morgan fingerprint density at radius 3 is 2.50 bits per heavy atom. The Balaban J connectivity index is 2.16. The number of nitrogens with two attached hydrogens (primary N) is 1. The summed E-state index contributed by atoms with van der Waals surface area (Å²) in [5.41, 5.74) is 5.48. The molecule has 1 fully saturated rings. The third kappa shape index (κ3) is 3.08. The molecule has 1 heterocycles. The average Bonchev–Trinajstić information content (AvgIpc) is 2.35. The summed E-state index contributed by atoms with van der Waals surface area (Å²) in [6.07, 6.45) is -0.447. The first-order valence-electron chi connectivity index (χ1n) is 5.96. The molecule has 6 nitrogen and oxygen atoms in total. The fourth-order valence-electron chi connectivity index (χ4n) is 2.20. The predicted octanol–water partition coefficient (Wildman–Crippen LogP) is 1.40. The van der Waals surface area contributed by atoms with Gasteiger partial charge in [-0.05, 0) is 12.1 Å². The van der Waals surface area contributed by atoms with Gasteiger partial charge in [-0.25, -0.2) is 8.78 Å². The van der Waals surface area contributed by atoms with Gasteiger partial charge in [0, 0.05) is 36.7 Å². The highest BCUT2D eigenvalue weighted by Crippen LogP contribution is 2.27. The van der Waals surface area contributed by atoms with Crippen LogP contribution < -0.4 is 5.73 Å². The number of amides is 1. The molecule has 0 radical (unpaired) electrons. The van der Waals surface area contributed by atoms with Crippen molar-refractivity contribution in [2.24, 2.45) is 5.73 Å². The number of benzene rings is 1. The number of nitro benzene ring substituents is 1. The molecule has 1 aromatic rings. The number of hydrogen-bond acceptors (Lipinski definition) is 4. The van der Waals surface area contributed by atoms with Crippen molar-refractivity contribution in [2.45, 2.75) is 18.4 Å². The van der Waals surface area contributed by atoms with Crippen molar-refractivity contribution in [1.29, 1.82) is 0 Å². The summed E-state index contributed by atoms with van der Waals surface area (Å²) in [5, 5.41) is 10.5. The van der Waals surface area contributed by atoms with Gasteiger partial charge in [-0.15, -0.1) is 0 Å². The average molecular weight is 285 g/mol. The van der Waals surface area contributed by atoms with Gasteiger partial charge in [0.25, 0.3) is 17.5 Å². The van der Waals surface area contributed by atoms with E-state index in [0.717, 1.165) is 17.0 Å². The van der Waals surface area contributed by atoms with Crippen LogP contribution in [0.25, 0.3) is 0 Å². The number of alkyl halides is 2. The number of nitrogens with zero attached hydrogens (tertiary/aromatic N) is 2. The molecule has 0 bridgehead atoms. The van der Waals surface area contributed by atoms with Crippen molar-refractivity contribution in [3.8, 4) is 0 Å². The molecule has 20 heavy (non-hydrogen) atoms. The maximum absolute atomic E-state index is 13.4. The second kappa shape index (κ2) is 5.12. The smallest absolute Gasteiger partial charge is 0.269 e. The lowest BCUT2D eigenvalue weighted by Gasteiger charge is -2.36. The van der Waals surface area contributed by atoms with E-state index in [2.05, 4.69) is 0 Å². The quantitative estimate of drug-likeness (QED) is 0.657. The van der Waals surface area contributed by atoms with Gasteiger partial charge in [0.05, 0.1) is 11.5 Å². The lowest BCUT2D eigenvalue weighted by atomic mass is 10.0. The van der Waals surface area contributed by atoms with E-state index < -0.39 is 35.8 Å². The molecule has 0 aliphatic carbocycles. The Bertz CT molecular complexity index is 533. The van der Waals surface area contributed by atoms with Crippen LogP contribution in [0, 0.1) is 10.1 Å². The number of piperidine rings is 1. The second-order valence-corrected chi connectivity index (χ2v) is 4.81. The summed E-state index contributed by atoms with van der Waals surface area (Å²) in [4.78, 5) is 23.0. The van der Waals surface area contributed by atoms with Crippen LogP contribution >= 0.6 is 0 Å². The van der Waals surface area contributed by atoms with Gasteiger partial charge in [-0.2, -0.15) is 0 Å². The van der Waals surface area contributed by atoms with E-state index in [1.165, 1.54) is 12.1 Å². The minimum Gasteiger partial charge on any atom is -0.331 e. The molecule has 1 saturated heterocycles. The Morgan fingerprint density at radius 1 is 1.40 bits per heavy atom. The molecule has 1 atom stereocenters. The summed E-state index contributed by atoms with van der Waals surface area (Å²) < 4.78 is 26.8. The third-order valence-electron chi connectivity index (χ3n) is 3.05. The summed E-state index contributed by atoms with van der Waals surface area (Å²) in [6.45, 7) is -0.637. The monoisotopic (exact) mass is 285 g/mol. The Hall–Kier alpha value is -2.09. The van der Waals surface area contributed by atoms with Gasteiger partial charge in [0.15, 0.2) is 0 Å². The molecule has 0 aromatic heterocycles. The van der Waals surface area contributed by atoms with Crippen molar-refractivity contribution in [3.05, 3.63) is 39.9 Å². The Labute approximate surface area is 113 Å². The number of non-ortho nitro benzene ring substituents is 1. The number of nitro groups is 1. The minimum absolute atomic E-state index is 0.0470. The molecule has 2 N–H and O–H groups in total. The van der Waals surface area contributed by atoms with Crippen LogP contribution in [-0.4, -0.2) is 40.8 Å². The standard InChI is InChI=1S/C12H13F2N3O3/c13-12(14)5-9(15)6-16(7-12)11(18)8-1-3-10(4-2-8)17(19)20/h1-4,9H,5-7,15H2/t9-/m0/s1. The largest absolute Gasteiger partial charge is 0.331 e. The van der Waals surface area contributed by atoms with Gasteiger partial charge in [0.2, 0.25) is 0 Å². The number of likely N-dealkylation sites (tertiary alicyclic amines) is 1. The maximum atomic E-state index is 13.4. The molecule has 2 rings (SSSR count). The summed E-state index contributed by atoms with van der Waals surface area (Å²) in [7, 11) is 0. The number of hydrogen-bond donors (Lipinski definition) is 1. The van der Waals surface area contributed by atoms with E-state index in [4.69, 9.17) is 5.73 Å². The lowest BCUT2D eigenvalue weighted by Crippen LogP contribution is -2.54. The molecule has 0 unspecified atom stereocenters. The van der Waals surface area contributed by atoms with Gasteiger partial charge in [-0.3, -0.25) is 14.9 Å². The van der Waals surface area contributed by atoms with E-state index in [9.17, 15) is 23.7 Å². The molecule has 0 saturated carbocycles. The summed E-state index contributed by atoms with van der Waals surface area (Å²) in [6, 6.07) is 4.04. The van der Waals surface area contributed by atoms with Crippen molar-refractivity contribution in [1.82, 2.24) is 4.90 Å². The van der Waals surface area contributed by atoms with Crippen molar-refractivity contribution in [3.63, 3.8) is 0 Å². The zero-order valence-electron chi connectivity index (χ0n) is 10.5. The maximum Gasteiger partial charge on any atom is 0.269 e. The molecule has 108 valence electrons. The first kappa shape index (κ1) is 14.3. The molecular formula is C12H13F2N3O3. The van der Waals surface area contributed by atoms with Gasteiger partial charge < -0.3 is 10.6 Å². The van der Waals surface area contributed by atoms with E-state index in [0.29, 0.717) is 0 Å². The fraction of sp³-hybridized carbons (Fsp3) is 0.417. The zero-order chi connectivity index (χ0) is 14.9. The van der Waals surface area contributed by atoms with Crippen molar-refractivity contribution in [2.75, 3.05) is 13.1 Å². The fourth-order valence-corrected chi connectivity index (χ4v) is 2.20. The molecule has 1 aromatic carbocycles. The molecule has 1 amide bonds. The highest BCUT2D eigenvalue weighted by molar-refractivity contribution is 5.94. The van der Waals surface area contributed by atoms with E-state index >= 15 is 0 Å². The van der Waals surface area contributed by atoms with Crippen LogP contribution in [0.2, 0.25) is 0 Å². The second-order valence-electron chi connectivity index (χ2n) is 4.81. The van der Waals surface area contributed by atoms with Gasteiger partial charge in [0.1, 0.15) is 0 Å². The van der Waals surface area contributed by atoms with E-state index in [1.54, 1.807) is 0 Å². The molecule has 0 spiro atoms. The molecule has 1 aliphatic heterocycles. The molecule has 8 heteroatoms. The van der Waals surface area contributed by atoms with Crippen LogP contribution in [0.1, 0.15) is 16.8 Å². The zero-order valence-corrected chi connectivity index (χ0v) is 10.5. The van der Waals surface area contributed by atoms with Crippen molar-refractivity contribution < 1.29 is 18.5 Å². The number of carbonyl (C=O) groups is 1. The lowest BCUT2D eigenvalue weighted by molar-refractivity contribution is -0.384. The predicted molar refractivity (Wildman–Crippen MR) is 66.5 cm³/mol. The highest BCUT2D eigenvalue weighted by Gasteiger charge is 2.40. The summed E-state index contributed by atoms with van der Waals surface area (Å²) in [5.74, 6) is -3.61. The first-order chi connectivity index (χ1) is 9.28. The van der Waals surface area contributed by atoms with Crippen molar-refractivity contribution >= 4 is 11.6 Å². The topological polar surface area (TPSA) is 89.5 Å². The van der Waals surface area contributed by atoms with Crippen LogP contribution in [0.3, 0.4) is 0 Å². The SMILES string of the molecule is N[C@@H]1CN(C(=O)c2ccc([N+](=O)[O-])cc2)CC(F)(F)C1. The highest BCUT2D eigenvalue weighted by atomic mass is 19.3. The number of carbonyl (C=O) groups excluding carboxylic acids is 1. The van der Waals surface area contributed by atoms with Crippen LogP contribution in [0.15, 0.2) is 24.3 Å². The molecule has 1 aliphatic rings. The third-order valence-corrected chi connectivity index (χ3v) is 3.05. The summed E-state index contributed by atoms with van der Waals surface area (Å²) >= 11 is 0. The van der Waals surface area contributed by atoms with E-state index in [-0.39, 0.29) is 17.8 Å². The van der Waals surface area contributed by atoms with Crippen LogP contribution in [0.4, 0.5) is 14.5 Å². The van der Waals surface area contributed by atoms with Crippen LogP contribution in [0.5, 0.6) is 0 Å². The Morgan fingerprint density at radius 2 is 2.00 bits per heavy atom. The van der Waals surface area contributed by atoms with E-state index in [1.807, 2.05) is 0 Å². The van der Waals surface area contributed by atoms with Gasteiger partial charge in [-0.1, -0.05) is 0 Å². The molecular weight excluding hydrogens is 272 g/mol. The van der Waals surface area contributed by atoms with Crippen LogP contribution in [-0.2, 0) is 0 Å². The first-order valence-corrected chi connectivity index (χ1v) is 5.96.